The molecule has 2 rings (SSSR count). The first-order valence-corrected chi connectivity index (χ1v) is 9.20. The molecule has 0 spiro atoms. The standard InChI is InChI=1S/C16H25NO5S/c1-12(2)22-13-7-9-17(10-8-13)23(18,19)16-11-14(20-3)5-6-15(16)21-4/h5-6,11-13H,7-10H2,1-4H3. The molecule has 1 saturated heterocycles. The Kier molecular flexibility index (Phi) is 5.89. The highest BCUT2D eigenvalue weighted by atomic mass is 32.2. The lowest BCUT2D eigenvalue weighted by molar-refractivity contribution is -0.0168. The number of hydrogen-bond acceptors (Lipinski definition) is 5. The molecule has 1 aromatic carbocycles. The third kappa shape index (κ3) is 4.16. The summed E-state index contributed by atoms with van der Waals surface area (Å²) < 4.78 is 43.4. The fourth-order valence-electron chi connectivity index (χ4n) is 2.72. The van der Waals surface area contributed by atoms with Gasteiger partial charge in [-0.25, -0.2) is 8.42 Å². The van der Waals surface area contributed by atoms with Gasteiger partial charge in [-0.15, -0.1) is 0 Å². The topological polar surface area (TPSA) is 65.1 Å². The van der Waals surface area contributed by atoms with Crippen LogP contribution in [-0.4, -0.2) is 52.2 Å². The smallest absolute Gasteiger partial charge is 0.246 e. The molecule has 0 aliphatic carbocycles. The molecular formula is C16H25NO5S. The number of rotatable bonds is 6. The Morgan fingerprint density at radius 1 is 1.13 bits per heavy atom. The summed E-state index contributed by atoms with van der Waals surface area (Å²) >= 11 is 0. The summed E-state index contributed by atoms with van der Waals surface area (Å²) in [5.41, 5.74) is 0. The summed E-state index contributed by atoms with van der Waals surface area (Å²) in [7, 11) is -0.648. The minimum absolute atomic E-state index is 0.119. The lowest BCUT2D eigenvalue weighted by Gasteiger charge is -2.32. The van der Waals surface area contributed by atoms with Crippen molar-refractivity contribution >= 4 is 10.0 Å². The van der Waals surface area contributed by atoms with E-state index in [1.165, 1.54) is 24.6 Å². The van der Waals surface area contributed by atoms with Crippen LogP contribution in [0.1, 0.15) is 26.7 Å². The summed E-state index contributed by atoms with van der Waals surface area (Å²) in [5.74, 6) is 0.814. The summed E-state index contributed by atoms with van der Waals surface area (Å²) in [6.45, 7) is 4.87. The molecule has 0 amide bonds. The monoisotopic (exact) mass is 343 g/mol. The number of nitrogens with zero attached hydrogens (tertiary/aromatic N) is 1. The number of sulfonamides is 1. The first-order chi connectivity index (χ1) is 10.9. The van der Waals surface area contributed by atoms with Gasteiger partial charge in [-0.2, -0.15) is 4.31 Å². The maximum absolute atomic E-state index is 12.9. The molecule has 1 aromatic rings. The molecule has 1 heterocycles. The van der Waals surface area contributed by atoms with Crippen molar-refractivity contribution in [1.82, 2.24) is 4.31 Å². The van der Waals surface area contributed by atoms with Crippen LogP contribution < -0.4 is 9.47 Å². The molecule has 1 aliphatic rings. The van der Waals surface area contributed by atoms with Gasteiger partial charge in [0.15, 0.2) is 0 Å². The molecule has 130 valence electrons. The van der Waals surface area contributed by atoms with Crippen molar-refractivity contribution < 1.29 is 22.6 Å². The molecule has 0 aromatic heterocycles. The Morgan fingerprint density at radius 2 is 1.78 bits per heavy atom. The number of benzene rings is 1. The molecule has 23 heavy (non-hydrogen) atoms. The van der Waals surface area contributed by atoms with Crippen molar-refractivity contribution in [1.29, 1.82) is 0 Å². The SMILES string of the molecule is COc1ccc(OC)c(S(=O)(=O)N2CCC(OC(C)C)CC2)c1. The van der Waals surface area contributed by atoms with Crippen molar-refractivity contribution in [3.63, 3.8) is 0 Å². The maximum Gasteiger partial charge on any atom is 0.246 e. The average Bonchev–Trinajstić information content (AvgIpc) is 2.54. The van der Waals surface area contributed by atoms with E-state index in [0.29, 0.717) is 37.4 Å². The van der Waals surface area contributed by atoms with Gasteiger partial charge in [0.2, 0.25) is 10.0 Å². The predicted octanol–water partition coefficient (Wildman–Crippen LogP) is 2.28. The Hall–Kier alpha value is -1.31. The highest BCUT2D eigenvalue weighted by Crippen LogP contribution is 2.32. The quantitative estimate of drug-likeness (QED) is 0.793. The Labute approximate surface area is 138 Å². The van der Waals surface area contributed by atoms with Crippen LogP contribution in [0.3, 0.4) is 0 Å². The van der Waals surface area contributed by atoms with Gasteiger partial charge >= 0.3 is 0 Å². The Morgan fingerprint density at radius 3 is 2.30 bits per heavy atom. The van der Waals surface area contributed by atoms with Crippen LogP contribution in [0, 0.1) is 0 Å². The van der Waals surface area contributed by atoms with E-state index in [1.54, 1.807) is 12.1 Å². The van der Waals surface area contributed by atoms with Gasteiger partial charge in [-0.3, -0.25) is 0 Å². The van der Waals surface area contributed by atoms with Crippen LogP contribution in [0.25, 0.3) is 0 Å². The minimum atomic E-state index is -3.62. The highest BCUT2D eigenvalue weighted by molar-refractivity contribution is 7.89. The van der Waals surface area contributed by atoms with Crippen LogP contribution in [0.4, 0.5) is 0 Å². The van der Waals surface area contributed by atoms with Gasteiger partial charge in [0.1, 0.15) is 16.4 Å². The van der Waals surface area contributed by atoms with Crippen molar-refractivity contribution in [2.24, 2.45) is 0 Å². The first kappa shape index (κ1) is 18.0. The van der Waals surface area contributed by atoms with Crippen LogP contribution >= 0.6 is 0 Å². The van der Waals surface area contributed by atoms with E-state index in [0.717, 1.165) is 0 Å². The second kappa shape index (κ2) is 7.51. The van der Waals surface area contributed by atoms with Gasteiger partial charge < -0.3 is 14.2 Å². The second-order valence-corrected chi connectivity index (χ2v) is 7.71. The van der Waals surface area contributed by atoms with Crippen molar-refractivity contribution in [2.45, 2.75) is 43.8 Å². The van der Waals surface area contributed by atoms with Gasteiger partial charge in [0.05, 0.1) is 26.4 Å². The molecule has 1 aliphatic heterocycles. The van der Waals surface area contributed by atoms with Gasteiger partial charge in [0, 0.05) is 19.2 Å². The lowest BCUT2D eigenvalue weighted by atomic mass is 10.1. The third-order valence-corrected chi connectivity index (χ3v) is 5.77. The fourth-order valence-corrected chi connectivity index (χ4v) is 4.36. The van der Waals surface area contributed by atoms with Crippen LogP contribution in [-0.2, 0) is 14.8 Å². The number of hydrogen-bond donors (Lipinski definition) is 0. The van der Waals surface area contributed by atoms with Crippen LogP contribution in [0.15, 0.2) is 23.1 Å². The molecule has 7 heteroatoms. The lowest BCUT2D eigenvalue weighted by Crippen LogP contribution is -2.41. The molecule has 0 saturated carbocycles. The van der Waals surface area contributed by atoms with E-state index in [2.05, 4.69) is 0 Å². The first-order valence-electron chi connectivity index (χ1n) is 7.76. The molecular weight excluding hydrogens is 318 g/mol. The summed E-state index contributed by atoms with van der Waals surface area (Å²) in [4.78, 5) is 0.141. The van der Waals surface area contributed by atoms with Crippen LogP contribution in [0.5, 0.6) is 11.5 Å². The van der Waals surface area contributed by atoms with Gasteiger partial charge in [-0.1, -0.05) is 0 Å². The van der Waals surface area contributed by atoms with Crippen molar-refractivity contribution in [3.05, 3.63) is 18.2 Å². The Balaban J connectivity index is 2.19. The predicted molar refractivity (Wildman–Crippen MR) is 87.5 cm³/mol. The molecule has 0 unspecified atom stereocenters. The van der Waals surface area contributed by atoms with E-state index in [-0.39, 0.29) is 17.1 Å². The van der Waals surface area contributed by atoms with Crippen molar-refractivity contribution in [3.8, 4) is 11.5 Å². The van der Waals surface area contributed by atoms with E-state index in [1.807, 2.05) is 13.8 Å². The maximum atomic E-state index is 12.9. The molecule has 0 radical (unpaired) electrons. The zero-order valence-electron chi connectivity index (χ0n) is 14.1. The van der Waals surface area contributed by atoms with Gasteiger partial charge in [0.25, 0.3) is 0 Å². The molecule has 0 N–H and O–H groups in total. The zero-order chi connectivity index (χ0) is 17.0. The number of piperidine rings is 1. The molecule has 6 nitrogen and oxygen atoms in total. The molecule has 0 bridgehead atoms. The normalized spacial score (nSPS) is 17.4. The molecule has 0 atom stereocenters. The summed E-state index contributed by atoms with van der Waals surface area (Å²) in [6.07, 6.45) is 1.67. The number of methoxy groups -OCH3 is 2. The largest absolute Gasteiger partial charge is 0.497 e. The minimum Gasteiger partial charge on any atom is -0.497 e. The van der Waals surface area contributed by atoms with E-state index in [4.69, 9.17) is 14.2 Å². The van der Waals surface area contributed by atoms with Gasteiger partial charge in [-0.05, 0) is 38.8 Å². The number of ether oxygens (including phenoxy) is 3. The summed E-state index contributed by atoms with van der Waals surface area (Å²) in [6, 6.07) is 4.80. The average molecular weight is 343 g/mol. The van der Waals surface area contributed by atoms with E-state index < -0.39 is 10.0 Å². The molecule has 1 fully saturated rings. The summed E-state index contributed by atoms with van der Waals surface area (Å²) in [5, 5.41) is 0. The second-order valence-electron chi connectivity index (χ2n) is 5.81. The van der Waals surface area contributed by atoms with Crippen molar-refractivity contribution in [2.75, 3.05) is 27.3 Å². The van der Waals surface area contributed by atoms with E-state index in [9.17, 15) is 8.42 Å². The third-order valence-electron chi connectivity index (χ3n) is 3.85. The fraction of sp³-hybridized carbons (Fsp3) is 0.625. The highest BCUT2D eigenvalue weighted by Gasteiger charge is 2.32. The zero-order valence-corrected chi connectivity index (χ0v) is 14.9. The van der Waals surface area contributed by atoms with Crippen LogP contribution in [0.2, 0.25) is 0 Å². The van der Waals surface area contributed by atoms with E-state index >= 15 is 0 Å². The Bertz CT molecular complexity index is 621.